The standard InChI is InChI=1S/C12H17N3O3.ClH/c1-18-12-3-2-10(8-11(12)15(16)17)9-14-6-4-13-5-7-14;/h2-3,8,13H,4-7,9H2,1H3;1H. The molecule has 6 nitrogen and oxygen atoms in total. The highest BCUT2D eigenvalue weighted by atomic mass is 35.5. The number of piperazine rings is 1. The molecule has 1 fully saturated rings. The molecule has 106 valence electrons. The quantitative estimate of drug-likeness (QED) is 0.670. The number of nitro groups is 1. The number of rotatable bonds is 4. The van der Waals surface area contributed by atoms with Crippen LogP contribution >= 0.6 is 12.4 Å². The second-order valence-electron chi connectivity index (χ2n) is 4.29. The smallest absolute Gasteiger partial charge is 0.311 e. The summed E-state index contributed by atoms with van der Waals surface area (Å²) < 4.78 is 4.99. The van der Waals surface area contributed by atoms with Crippen molar-refractivity contribution in [3.63, 3.8) is 0 Å². The lowest BCUT2D eigenvalue weighted by Gasteiger charge is -2.27. The second kappa shape index (κ2) is 7.28. The van der Waals surface area contributed by atoms with Gasteiger partial charge in [0, 0.05) is 38.8 Å². The molecule has 7 heteroatoms. The number of hydrogen-bond acceptors (Lipinski definition) is 5. The number of ether oxygens (including phenoxy) is 1. The Morgan fingerprint density at radius 1 is 1.42 bits per heavy atom. The van der Waals surface area contributed by atoms with Crippen LogP contribution in [0.15, 0.2) is 18.2 Å². The zero-order valence-electron chi connectivity index (χ0n) is 10.8. The van der Waals surface area contributed by atoms with E-state index in [0.29, 0.717) is 5.75 Å². The van der Waals surface area contributed by atoms with Crippen molar-refractivity contribution in [2.24, 2.45) is 0 Å². The first-order valence-corrected chi connectivity index (χ1v) is 5.95. The molecule has 0 aromatic heterocycles. The Morgan fingerprint density at radius 3 is 2.68 bits per heavy atom. The van der Waals surface area contributed by atoms with Gasteiger partial charge in [-0.15, -0.1) is 12.4 Å². The maximum atomic E-state index is 10.9. The van der Waals surface area contributed by atoms with Crippen molar-refractivity contribution in [2.75, 3.05) is 33.3 Å². The molecule has 0 bridgehead atoms. The molecule has 0 unspecified atom stereocenters. The van der Waals surface area contributed by atoms with Crippen molar-refractivity contribution < 1.29 is 9.66 Å². The minimum Gasteiger partial charge on any atom is -0.490 e. The topological polar surface area (TPSA) is 67.6 Å². The molecule has 1 aliphatic rings. The molecule has 0 aliphatic carbocycles. The summed E-state index contributed by atoms with van der Waals surface area (Å²) in [5.41, 5.74) is 0.981. The van der Waals surface area contributed by atoms with E-state index in [1.165, 1.54) is 7.11 Å². The summed E-state index contributed by atoms with van der Waals surface area (Å²) in [6, 6.07) is 5.14. The average molecular weight is 288 g/mol. The largest absolute Gasteiger partial charge is 0.490 e. The molecule has 1 aromatic carbocycles. The van der Waals surface area contributed by atoms with Crippen LogP contribution in [-0.2, 0) is 6.54 Å². The van der Waals surface area contributed by atoms with E-state index in [0.717, 1.165) is 38.3 Å². The van der Waals surface area contributed by atoms with Gasteiger partial charge in [-0.2, -0.15) is 0 Å². The summed E-state index contributed by atoms with van der Waals surface area (Å²) in [5, 5.41) is 14.2. The van der Waals surface area contributed by atoms with E-state index in [9.17, 15) is 10.1 Å². The predicted octanol–water partition coefficient (Wildman–Crippen LogP) is 1.43. The fourth-order valence-electron chi connectivity index (χ4n) is 2.10. The van der Waals surface area contributed by atoms with Crippen LogP contribution in [0.3, 0.4) is 0 Å². The van der Waals surface area contributed by atoms with Gasteiger partial charge in [0.2, 0.25) is 0 Å². The van der Waals surface area contributed by atoms with E-state index in [1.807, 2.05) is 6.07 Å². The SMILES string of the molecule is COc1ccc(CN2CCNCC2)cc1[N+](=O)[O-].Cl. The summed E-state index contributed by atoms with van der Waals surface area (Å²) in [7, 11) is 1.44. The number of methoxy groups -OCH3 is 1. The number of nitrogens with one attached hydrogen (secondary N) is 1. The molecule has 1 N–H and O–H groups in total. The van der Waals surface area contributed by atoms with Gasteiger partial charge in [-0.25, -0.2) is 0 Å². The van der Waals surface area contributed by atoms with Gasteiger partial charge in [0.15, 0.2) is 5.75 Å². The molecular formula is C12H18ClN3O3. The molecule has 0 radical (unpaired) electrons. The third-order valence-corrected chi connectivity index (χ3v) is 3.06. The normalized spacial score (nSPS) is 15.6. The summed E-state index contributed by atoms with van der Waals surface area (Å²) in [5.74, 6) is 0.309. The lowest BCUT2D eigenvalue weighted by atomic mass is 10.1. The van der Waals surface area contributed by atoms with Crippen molar-refractivity contribution in [3.8, 4) is 5.75 Å². The van der Waals surface area contributed by atoms with Crippen LogP contribution in [0, 0.1) is 10.1 Å². The van der Waals surface area contributed by atoms with Crippen molar-refractivity contribution in [2.45, 2.75) is 6.54 Å². The Hall–Kier alpha value is -1.37. The maximum absolute atomic E-state index is 10.9. The van der Waals surface area contributed by atoms with Crippen LogP contribution < -0.4 is 10.1 Å². The van der Waals surface area contributed by atoms with Crippen molar-refractivity contribution in [3.05, 3.63) is 33.9 Å². The monoisotopic (exact) mass is 287 g/mol. The molecule has 0 amide bonds. The van der Waals surface area contributed by atoms with Gasteiger partial charge >= 0.3 is 5.69 Å². The summed E-state index contributed by atoms with van der Waals surface area (Å²) in [6.45, 7) is 4.63. The van der Waals surface area contributed by atoms with Crippen LogP contribution in [0.5, 0.6) is 5.75 Å². The first-order chi connectivity index (χ1) is 8.70. The van der Waals surface area contributed by atoms with E-state index < -0.39 is 4.92 Å². The number of halogens is 1. The van der Waals surface area contributed by atoms with Crippen LogP contribution in [0.4, 0.5) is 5.69 Å². The zero-order valence-corrected chi connectivity index (χ0v) is 11.6. The van der Waals surface area contributed by atoms with Crippen LogP contribution in [0.25, 0.3) is 0 Å². The Bertz CT molecular complexity index is 436. The van der Waals surface area contributed by atoms with E-state index in [2.05, 4.69) is 10.2 Å². The molecule has 1 aliphatic heterocycles. The second-order valence-corrected chi connectivity index (χ2v) is 4.29. The first-order valence-electron chi connectivity index (χ1n) is 5.95. The third kappa shape index (κ3) is 4.05. The minimum atomic E-state index is -0.403. The van der Waals surface area contributed by atoms with E-state index in [4.69, 9.17) is 4.74 Å². The van der Waals surface area contributed by atoms with Crippen LogP contribution in [0.1, 0.15) is 5.56 Å². The first kappa shape index (κ1) is 15.7. The van der Waals surface area contributed by atoms with Gasteiger partial charge in [0.1, 0.15) is 0 Å². The van der Waals surface area contributed by atoms with Crippen LogP contribution in [-0.4, -0.2) is 43.1 Å². The highest BCUT2D eigenvalue weighted by Gasteiger charge is 2.17. The number of nitrogens with zero attached hydrogens (tertiary/aromatic N) is 2. The Balaban J connectivity index is 0.00000180. The maximum Gasteiger partial charge on any atom is 0.311 e. The number of benzene rings is 1. The van der Waals surface area contributed by atoms with Gasteiger partial charge in [-0.05, 0) is 11.6 Å². The summed E-state index contributed by atoms with van der Waals surface area (Å²) in [4.78, 5) is 12.8. The number of nitro benzene ring substituents is 1. The number of hydrogen-bond donors (Lipinski definition) is 1. The lowest BCUT2D eigenvalue weighted by Crippen LogP contribution is -2.42. The molecule has 2 rings (SSSR count). The highest BCUT2D eigenvalue weighted by Crippen LogP contribution is 2.27. The van der Waals surface area contributed by atoms with Gasteiger partial charge in [0.25, 0.3) is 0 Å². The van der Waals surface area contributed by atoms with Crippen molar-refractivity contribution in [1.29, 1.82) is 0 Å². The van der Waals surface area contributed by atoms with Gasteiger partial charge in [-0.1, -0.05) is 6.07 Å². The van der Waals surface area contributed by atoms with Crippen molar-refractivity contribution in [1.82, 2.24) is 10.2 Å². The van der Waals surface area contributed by atoms with Gasteiger partial charge in [0.05, 0.1) is 12.0 Å². The summed E-state index contributed by atoms with van der Waals surface area (Å²) >= 11 is 0. The van der Waals surface area contributed by atoms with E-state index >= 15 is 0 Å². The average Bonchev–Trinajstić information content (AvgIpc) is 2.40. The molecule has 19 heavy (non-hydrogen) atoms. The van der Waals surface area contributed by atoms with E-state index in [-0.39, 0.29) is 18.1 Å². The molecule has 0 atom stereocenters. The molecule has 0 spiro atoms. The zero-order chi connectivity index (χ0) is 13.0. The third-order valence-electron chi connectivity index (χ3n) is 3.06. The van der Waals surface area contributed by atoms with Gasteiger partial charge in [-0.3, -0.25) is 15.0 Å². The van der Waals surface area contributed by atoms with E-state index in [1.54, 1.807) is 12.1 Å². The van der Waals surface area contributed by atoms with Crippen molar-refractivity contribution >= 4 is 18.1 Å². The Labute approximate surface area is 118 Å². The molecule has 0 saturated carbocycles. The molecular weight excluding hydrogens is 270 g/mol. The lowest BCUT2D eigenvalue weighted by molar-refractivity contribution is -0.385. The molecule has 1 aromatic rings. The Kier molecular flexibility index (Phi) is 6.01. The fourth-order valence-corrected chi connectivity index (χ4v) is 2.10. The molecule has 1 heterocycles. The molecule has 1 saturated heterocycles. The fraction of sp³-hybridized carbons (Fsp3) is 0.500. The van der Waals surface area contributed by atoms with Gasteiger partial charge < -0.3 is 10.1 Å². The predicted molar refractivity (Wildman–Crippen MR) is 75.0 cm³/mol. The summed E-state index contributed by atoms with van der Waals surface area (Å²) in [6.07, 6.45) is 0. The minimum absolute atomic E-state index is 0. The highest BCUT2D eigenvalue weighted by molar-refractivity contribution is 5.85. The Morgan fingerprint density at radius 2 is 2.11 bits per heavy atom. The van der Waals surface area contributed by atoms with Crippen LogP contribution in [0.2, 0.25) is 0 Å².